The van der Waals surface area contributed by atoms with Gasteiger partial charge in [0.1, 0.15) is 23.0 Å². The summed E-state index contributed by atoms with van der Waals surface area (Å²) < 4.78 is 27.9. The van der Waals surface area contributed by atoms with Crippen molar-refractivity contribution < 1.29 is 28.8 Å². The highest BCUT2D eigenvalue weighted by molar-refractivity contribution is 6.16. The lowest BCUT2D eigenvalue weighted by Crippen LogP contribution is -1.99. The second-order valence-corrected chi connectivity index (χ2v) is 5.76. The molecule has 1 N–H and O–H groups in total. The molecule has 6 heteroatoms. The Labute approximate surface area is 151 Å². The van der Waals surface area contributed by atoms with Crippen molar-refractivity contribution in [3.8, 4) is 34.5 Å². The van der Waals surface area contributed by atoms with E-state index in [0.717, 1.165) is 16.2 Å². The van der Waals surface area contributed by atoms with Crippen molar-refractivity contribution in [1.29, 1.82) is 0 Å². The van der Waals surface area contributed by atoms with E-state index in [4.69, 9.17) is 23.7 Å². The topological polar surface area (TPSA) is 66.4 Å². The molecule has 3 rings (SSSR count). The van der Waals surface area contributed by atoms with Crippen molar-refractivity contribution in [2.24, 2.45) is 0 Å². The predicted octanol–water partition coefficient (Wildman–Crippen LogP) is 4.05. The first-order valence-electron chi connectivity index (χ1n) is 8.02. The molecule has 0 atom stereocenters. The van der Waals surface area contributed by atoms with E-state index in [1.165, 1.54) is 7.11 Å². The lowest BCUT2D eigenvalue weighted by Gasteiger charge is -2.21. The molecule has 0 spiro atoms. The van der Waals surface area contributed by atoms with Crippen LogP contribution in [0.2, 0.25) is 0 Å². The van der Waals surface area contributed by atoms with Crippen LogP contribution in [0.3, 0.4) is 0 Å². The highest BCUT2D eigenvalue weighted by atomic mass is 16.5. The van der Waals surface area contributed by atoms with E-state index in [0.29, 0.717) is 39.7 Å². The van der Waals surface area contributed by atoms with Gasteiger partial charge in [0.2, 0.25) is 0 Å². The number of methoxy groups -OCH3 is 5. The standard InChI is InChI=1S/C20H22O6/c1-10-15-11(9-14(24-4)18(10)21)19(25-5)16-12(22-2)7-8-13(23-3)17(16)20(15)26-6/h7-9,21H,1-6H3. The van der Waals surface area contributed by atoms with E-state index >= 15 is 0 Å². The first kappa shape index (κ1) is 17.8. The van der Waals surface area contributed by atoms with Crippen LogP contribution in [0.5, 0.6) is 34.5 Å². The monoisotopic (exact) mass is 358 g/mol. The first-order valence-corrected chi connectivity index (χ1v) is 8.02. The number of aromatic hydroxyl groups is 1. The summed E-state index contributed by atoms with van der Waals surface area (Å²) in [4.78, 5) is 0. The number of phenols is 1. The Kier molecular flexibility index (Phi) is 4.59. The van der Waals surface area contributed by atoms with Crippen LogP contribution in [0.25, 0.3) is 21.5 Å². The average molecular weight is 358 g/mol. The summed E-state index contributed by atoms with van der Waals surface area (Å²) in [6.07, 6.45) is 0. The number of hydrogen-bond acceptors (Lipinski definition) is 6. The average Bonchev–Trinajstić information content (AvgIpc) is 2.67. The third-order valence-electron chi connectivity index (χ3n) is 4.63. The summed E-state index contributed by atoms with van der Waals surface area (Å²) >= 11 is 0. The third kappa shape index (κ3) is 2.33. The van der Waals surface area contributed by atoms with Gasteiger partial charge in [-0.05, 0) is 25.1 Å². The SMILES string of the molecule is COc1cc2c(OC)c3c(OC)ccc(OC)c3c(OC)c2c(C)c1O. The Morgan fingerprint density at radius 2 is 1.15 bits per heavy atom. The molecule has 0 aliphatic rings. The van der Waals surface area contributed by atoms with Crippen LogP contribution < -0.4 is 23.7 Å². The summed E-state index contributed by atoms with van der Waals surface area (Å²) in [6, 6.07) is 5.37. The molecule has 3 aromatic carbocycles. The van der Waals surface area contributed by atoms with Crippen LogP contribution in [0.1, 0.15) is 5.56 Å². The van der Waals surface area contributed by atoms with Crippen LogP contribution in [-0.4, -0.2) is 40.7 Å². The lowest BCUT2D eigenvalue weighted by molar-refractivity contribution is 0.371. The van der Waals surface area contributed by atoms with Crippen molar-refractivity contribution >= 4 is 21.5 Å². The Balaban J connectivity index is 2.72. The summed E-state index contributed by atoms with van der Waals surface area (Å²) in [5.41, 5.74) is 0.626. The second-order valence-electron chi connectivity index (χ2n) is 5.76. The zero-order chi connectivity index (χ0) is 19.0. The predicted molar refractivity (Wildman–Crippen MR) is 101 cm³/mol. The van der Waals surface area contributed by atoms with Crippen molar-refractivity contribution in [2.45, 2.75) is 6.92 Å². The Hall–Kier alpha value is -3.02. The van der Waals surface area contributed by atoms with Gasteiger partial charge in [-0.15, -0.1) is 0 Å². The second kappa shape index (κ2) is 6.71. The van der Waals surface area contributed by atoms with Gasteiger partial charge in [0, 0.05) is 16.3 Å². The van der Waals surface area contributed by atoms with Gasteiger partial charge in [0.25, 0.3) is 0 Å². The van der Waals surface area contributed by atoms with E-state index in [-0.39, 0.29) is 5.75 Å². The normalized spacial score (nSPS) is 10.8. The van der Waals surface area contributed by atoms with Gasteiger partial charge in [-0.25, -0.2) is 0 Å². The molecule has 0 aliphatic carbocycles. The Bertz CT molecular complexity index is 993. The van der Waals surface area contributed by atoms with Crippen molar-refractivity contribution in [2.75, 3.05) is 35.5 Å². The van der Waals surface area contributed by atoms with Gasteiger partial charge >= 0.3 is 0 Å². The number of hydrogen-bond donors (Lipinski definition) is 1. The fourth-order valence-electron chi connectivity index (χ4n) is 3.44. The molecule has 138 valence electrons. The van der Waals surface area contributed by atoms with E-state index in [2.05, 4.69) is 0 Å². The molecule has 6 nitrogen and oxygen atoms in total. The van der Waals surface area contributed by atoms with Crippen molar-refractivity contribution in [1.82, 2.24) is 0 Å². The molecule has 0 amide bonds. The molecule has 0 fully saturated rings. The Morgan fingerprint density at radius 1 is 0.654 bits per heavy atom. The molecular weight excluding hydrogens is 336 g/mol. The number of phenolic OH excluding ortho intramolecular Hbond substituents is 1. The summed E-state index contributed by atoms with van der Waals surface area (Å²) in [5.74, 6) is 2.82. The van der Waals surface area contributed by atoms with E-state index < -0.39 is 0 Å². The van der Waals surface area contributed by atoms with Gasteiger partial charge in [-0.2, -0.15) is 0 Å². The lowest BCUT2D eigenvalue weighted by atomic mass is 9.95. The number of benzene rings is 3. The largest absolute Gasteiger partial charge is 0.504 e. The molecular formula is C20H22O6. The molecule has 26 heavy (non-hydrogen) atoms. The van der Waals surface area contributed by atoms with Gasteiger partial charge in [0.15, 0.2) is 11.5 Å². The fraction of sp³-hybridized carbons (Fsp3) is 0.300. The maximum Gasteiger partial charge on any atom is 0.161 e. The number of rotatable bonds is 5. The Morgan fingerprint density at radius 3 is 1.62 bits per heavy atom. The minimum atomic E-state index is 0.0570. The molecule has 0 aliphatic heterocycles. The molecule has 3 aromatic rings. The van der Waals surface area contributed by atoms with Crippen molar-refractivity contribution in [3.05, 3.63) is 23.8 Å². The third-order valence-corrected chi connectivity index (χ3v) is 4.63. The number of aryl methyl sites for hydroxylation is 1. The van der Waals surface area contributed by atoms with E-state index in [9.17, 15) is 5.11 Å². The van der Waals surface area contributed by atoms with Gasteiger partial charge in [0.05, 0.1) is 46.3 Å². The minimum Gasteiger partial charge on any atom is -0.504 e. The zero-order valence-electron chi connectivity index (χ0n) is 15.7. The van der Waals surface area contributed by atoms with Crippen LogP contribution in [-0.2, 0) is 0 Å². The molecule has 0 heterocycles. The fourth-order valence-corrected chi connectivity index (χ4v) is 3.44. The summed E-state index contributed by atoms with van der Waals surface area (Å²) in [5, 5.41) is 13.4. The highest BCUT2D eigenvalue weighted by Crippen LogP contribution is 2.53. The van der Waals surface area contributed by atoms with Crippen molar-refractivity contribution in [3.63, 3.8) is 0 Å². The quantitative estimate of drug-likeness (QED) is 0.694. The van der Waals surface area contributed by atoms with Crippen LogP contribution in [0.15, 0.2) is 18.2 Å². The molecule has 0 saturated carbocycles. The van der Waals surface area contributed by atoms with Crippen LogP contribution in [0, 0.1) is 6.92 Å². The summed E-state index contributed by atoms with van der Waals surface area (Å²) in [7, 11) is 7.87. The van der Waals surface area contributed by atoms with E-state index in [1.54, 1.807) is 41.4 Å². The summed E-state index contributed by atoms with van der Waals surface area (Å²) in [6.45, 7) is 1.81. The number of ether oxygens (including phenoxy) is 5. The van der Waals surface area contributed by atoms with E-state index in [1.807, 2.05) is 12.1 Å². The first-order chi connectivity index (χ1) is 12.5. The van der Waals surface area contributed by atoms with Crippen LogP contribution >= 0.6 is 0 Å². The molecule has 0 bridgehead atoms. The molecule has 0 aromatic heterocycles. The van der Waals surface area contributed by atoms with Crippen LogP contribution in [0.4, 0.5) is 0 Å². The van der Waals surface area contributed by atoms with Gasteiger partial charge in [-0.3, -0.25) is 0 Å². The minimum absolute atomic E-state index is 0.0570. The maximum absolute atomic E-state index is 10.5. The van der Waals surface area contributed by atoms with Gasteiger partial charge in [-0.1, -0.05) is 0 Å². The molecule has 0 saturated heterocycles. The van der Waals surface area contributed by atoms with Gasteiger partial charge < -0.3 is 28.8 Å². The molecule has 0 radical (unpaired) electrons. The maximum atomic E-state index is 10.5. The highest BCUT2D eigenvalue weighted by Gasteiger charge is 2.25. The smallest absolute Gasteiger partial charge is 0.161 e. The zero-order valence-corrected chi connectivity index (χ0v) is 15.7. The number of fused-ring (bicyclic) bond motifs is 2. The molecule has 0 unspecified atom stereocenters.